The van der Waals surface area contributed by atoms with Crippen LogP contribution in [-0.4, -0.2) is 17.3 Å². The standard InChI is InChI=1S/C17H21NO3/c1-11-4-7-17(21-3)14(8-11)12(2)18-10-13-5-6-15(19)16(20)9-13/h4-9,12,18-20H,10H2,1-3H3. The van der Waals surface area contributed by atoms with E-state index in [-0.39, 0.29) is 17.5 Å². The molecule has 0 heterocycles. The molecular weight excluding hydrogens is 266 g/mol. The topological polar surface area (TPSA) is 61.7 Å². The summed E-state index contributed by atoms with van der Waals surface area (Å²) in [5, 5.41) is 22.2. The highest BCUT2D eigenvalue weighted by Crippen LogP contribution is 2.27. The van der Waals surface area contributed by atoms with Gasteiger partial charge in [-0.25, -0.2) is 0 Å². The van der Waals surface area contributed by atoms with Gasteiger partial charge in [-0.1, -0.05) is 23.8 Å². The quantitative estimate of drug-likeness (QED) is 0.739. The molecule has 0 aliphatic carbocycles. The number of phenolic OH excluding ortho intramolecular Hbond substituents is 2. The van der Waals surface area contributed by atoms with E-state index in [1.54, 1.807) is 19.2 Å². The van der Waals surface area contributed by atoms with E-state index in [0.717, 1.165) is 16.9 Å². The van der Waals surface area contributed by atoms with E-state index >= 15 is 0 Å². The lowest BCUT2D eigenvalue weighted by atomic mass is 10.0. The minimum Gasteiger partial charge on any atom is -0.504 e. The van der Waals surface area contributed by atoms with Crippen LogP contribution in [0.1, 0.15) is 29.7 Å². The van der Waals surface area contributed by atoms with Crippen LogP contribution in [-0.2, 0) is 6.54 Å². The molecule has 0 saturated heterocycles. The lowest BCUT2D eigenvalue weighted by molar-refractivity contribution is 0.399. The molecule has 0 amide bonds. The highest BCUT2D eigenvalue weighted by atomic mass is 16.5. The zero-order chi connectivity index (χ0) is 15.4. The molecule has 21 heavy (non-hydrogen) atoms. The second-order valence-electron chi connectivity index (χ2n) is 5.17. The van der Waals surface area contributed by atoms with Gasteiger partial charge in [0.25, 0.3) is 0 Å². The summed E-state index contributed by atoms with van der Waals surface area (Å²) in [6.45, 7) is 4.71. The molecule has 0 spiro atoms. The van der Waals surface area contributed by atoms with E-state index in [9.17, 15) is 10.2 Å². The first kappa shape index (κ1) is 15.2. The van der Waals surface area contributed by atoms with Crippen molar-refractivity contribution in [3.8, 4) is 17.2 Å². The largest absolute Gasteiger partial charge is 0.504 e. The molecule has 4 nitrogen and oxygen atoms in total. The molecule has 3 N–H and O–H groups in total. The van der Waals surface area contributed by atoms with Gasteiger partial charge in [-0.3, -0.25) is 0 Å². The van der Waals surface area contributed by atoms with E-state index in [4.69, 9.17) is 4.74 Å². The number of hydrogen-bond acceptors (Lipinski definition) is 4. The predicted octanol–water partition coefficient (Wildman–Crippen LogP) is 3.27. The van der Waals surface area contributed by atoms with Crippen molar-refractivity contribution in [2.24, 2.45) is 0 Å². The molecule has 0 aromatic heterocycles. The molecule has 2 rings (SSSR count). The SMILES string of the molecule is COc1ccc(C)cc1C(C)NCc1ccc(O)c(O)c1. The van der Waals surface area contributed by atoms with E-state index in [2.05, 4.69) is 18.3 Å². The third-order valence-electron chi connectivity index (χ3n) is 3.50. The smallest absolute Gasteiger partial charge is 0.157 e. The molecule has 112 valence electrons. The van der Waals surface area contributed by atoms with Gasteiger partial charge in [-0.05, 0) is 37.6 Å². The minimum atomic E-state index is -0.104. The van der Waals surface area contributed by atoms with Crippen LogP contribution in [0.15, 0.2) is 36.4 Å². The Morgan fingerprint density at radius 2 is 1.86 bits per heavy atom. The summed E-state index contributed by atoms with van der Waals surface area (Å²) in [5.41, 5.74) is 3.19. The van der Waals surface area contributed by atoms with Crippen molar-refractivity contribution in [3.63, 3.8) is 0 Å². The Bertz CT molecular complexity index is 625. The first-order valence-corrected chi connectivity index (χ1v) is 6.90. The average molecular weight is 287 g/mol. The highest BCUT2D eigenvalue weighted by molar-refractivity contribution is 5.41. The Balaban J connectivity index is 2.09. The van der Waals surface area contributed by atoms with Crippen molar-refractivity contribution >= 4 is 0 Å². The maximum Gasteiger partial charge on any atom is 0.157 e. The summed E-state index contributed by atoms with van der Waals surface area (Å²) in [7, 11) is 1.67. The van der Waals surface area contributed by atoms with Gasteiger partial charge in [0.1, 0.15) is 5.75 Å². The lowest BCUT2D eigenvalue weighted by Crippen LogP contribution is -2.18. The molecule has 0 saturated carbocycles. The molecule has 4 heteroatoms. The van der Waals surface area contributed by atoms with Crippen molar-refractivity contribution in [1.29, 1.82) is 0 Å². The van der Waals surface area contributed by atoms with Crippen LogP contribution in [0, 0.1) is 6.92 Å². The first-order chi connectivity index (χ1) is 10.0. The number of hydrogen-bond donors (Lipinski definition) is 3. The molecule has 0 fully saturated rings. The molecule has 0 aliphatic heterocycles. The van der Waals surface area contributed by atoms with Gasteiger partial charge in [-0.2, -0.15) is 0 Å². The van der Waals surface area contributed by atoms with Crippen LogP contribution < -0.4 is 10.1 Å². The molecule has 1 unspecified atom stereocenters. The normalized spacial score (nSPS) is 12.1. The van der Waals surface area contributed by atoms with E-state index < -0.39 is 0 Å². The zero-order valence-corrected chi connectivity index (χ0v) is 12.6. The summed E-state index contributed by atoms with van der Waals surface area (Å²) in [6.07, 6.45) is 0. The van der Waals surface area contributed by atoms with Gasteiger partial charge < -0.3 is 20.3 Å². The Labute approximate surface area is 125 Å². The predicted molar refractivity (Wildman–Crippen MR) is 82.8 cm³/mol. The van der Waals surface area contributed by atoms with Gasteiger partial charge in [0.05, 0.1) is 7.11 Å². The van der Waals surface area contributed by atoms with Crippen LogP contribution in [0.25, 0.3) is 0 Å². The summed E-state index contributed by atoms with van der Waals surface area (Å²) >= 11 is 0. The minimum absolute atomic E-state index is 0.102. The van der Waals surface area contributed by atoms with Gasteiger partial charge >= 0.3 is 0 Å². The van der Waals surface area contributed by atoms with Crippen LogP contribution in [0.5, 0.6) is 17.2 Å². The number of benzene rings is 2. The summed E-state index contributed by atoms with van der Waals surface area (Å²) in [4.78, 5) is 0. The molecule has 1 atom stereocenters. The number of methoxy groups -OCH3 is 1. The first-order valence-electron chi connectivity index (χ1n) is 6.90. The number of aryl methyl sites for hydroxylation is 1. The van der Waals surface area contributed by atoms with Crippen molar-refractivity contribution < 1.29 is 14.9 Å². The fourth-order valence-corrected chi connectivity index (χ4v) is 2.25. The Hall–Kier alpha value is -2.20. The van der Waals surface area contributed by atoms with Gasteiger partial charge in [0, 0.05) is 18.2 Å². The second-order valence-corrected chi connectivity index (χ2v) is 5.17. The summed E-state index contributed by atoms with van der Waals surface area (Å²) < 4.78 is 5.40. The third-order valence-corrected chi connectivity index (χ3v) is 3.50. The van der Waals surface area contributed by atoms with Crippen LogP contribution in [0.4, 0.5) is 0 Å². The third kappa shape index (κ3) is 3.67. The number of rotatable bonds is 5. The zero-order valence-electron chi connectivity index (χ0n) is 12.6. The van der Waals surface area contributed by atoms with E-state index in [0.29, 0.717) is 6.54 Å². The van der Waals surface area contributed by atoms with Gasteiger partial charge in [-0.15, -0.1) is 0 Å². The van der Waals surface area contributed by atoms with Crippen LogP contribution in [0.2, 0.25) is 0 Å². The number of aromatic hydroxyl groups is 2. The van der Waals surface area contributed by atoms with Gasteiger partial charge in [0.2, 0.25) is 0 Å². The molecule has 0 radical (unpaired) electrons. The lowest BCUT2D eigenvalue weighted by Gasteiger charge is -2.18. The molecular formula is C17H21NO3. The molecule has 2 aromatic carbocycles. The number of nitrogens with one attached hydrogen (secondary N) is 1. The number of phenols is 2. The molecule has 0 bridgehead atoms. The van der Waals surface area contributed by atoms with Crippen molar-refractivity contribution in [1.82, 2.24) is 5.32 Å². The Kier molecular flexibility index (Phi) is 4.70. The van der Waals surface area contributed by atoms with Gasteiger partial charge in [0.15, 0.2) is 11.5 Å². The number of ether oxygens (including phenoxy) is 1. The van der Waals surface area contributed by atoms with E-state index in [1.807, 2.05) is 19.1 Å². The maximum absolute atomic E-state index is 9.50. The van der Waals surface area contributed by atoms with Crippen molar-refractivity contribution in [2.75, 3.05) is 7.11 Å². The second kappa shape index (κ2) is 6.50. The van der Waals surface area contributed by atoms with E-state index in [1.165, 1.54) is 11.6 Å². The molecule has 2 aromatic rings. The summed E-state index contributed by atoms with van der Waals surface area (Å²) in [6, 6.07) is 11.0. The highest BCUT2D eigenvalue weighted by Gasteiger charge is 2.11. The Morgan fingerprint density at radius 3 is 2.52 bits per heavy atom. The maximum atomic E-state index is 9.50. The fraction of sp³-hybridized carbons (Fsp3) is 0.294. The van der Waals surface area contributed by atoms with Crippen molar-refractivity contribution in [3.05, 3.63) is 53.1 Å². The summed E-state index contributed by atoms with van der Waals surface area (Å²) in [5.74, 6) is 0.649. The fourth-order valence-electron chi connectivity index (χ4n) is 2.25. The monoisotopic (exact) mass is 287 g/mol. The van der Waals surface area contributed by atoms with Crippen molar-refractivity contribution in [2.45, 2.75) is 26.4 Å². The van der Waals surface area contributed by atoms with Crippen LogP contribution >= 0.6 is 0 Å². The average Bonchev–Trinajstić information content (AvgIpc) is 2.48. The van der Waals surface area contributed by atoms with Crippen LogP contribution in [0.3, 0.4) is 0 Å². The molecule has 0 aliphatic rings. The Morgan fingerprint density at radius 1 is 1.10 bits per heavy atom.